The van der Waals surface area contributed by atoms with Crippen molar-refractivity contribution >= 4 is 23.3 Å². The van der Waals surface area contributed by atoms with E-state index >= 15 is 0 Å². The largest absolute Gasteiger partial charge is 0.507 e. The fourth-order valence-corrected chi connectivity index (χ4v) is 1.55. The number of benzene rings is 1. The number of phenols is 1. The van der Waals surface area contributed by atoms with Gasteiger partial charge in [-0.05, 0) is 12.1 Å². The predicted octanol–water partition coefficient (Wildman–Crippen LogP) is 1.69. The second kappa shape index (κ2) is 3.13. The molecule has 2 N–H and O–H groups in total. The number of carbonyl (C=O) groups is 2. The topological polar surface area (TPSA) is 79.5 Å². The number of aromatic hydroxyl groups is 1. The molecule has 0 amide bonds. The summed E-state index contributed by atoms with van der Waals surface area (Å²) in [4.78, 5) is 21.5. The van der Waals surface area contributed by atoms with Crippen LogP contribution in [0.25, 0.3) is 10.9 Å². The summed E-state index contributed by atoms with van der Waals surface area (Å²) >= 11 is 0. The SMILES string of the molecule is O=Cc1cn(C(=O)O)c2cccc(O)c12. The van der Waals surface area contributed by atoms with Gasteiger partial charge in [-0.25, -0.2) is 4.79 Å². The van der Waals surface area contributed by atoms with E-state index in [9.17, 15) is 14.7 Å². The number of aldehydes is 1. The van der Waals surface area contributed by atoms with Gasteiger partial charge in [-0.3, -0.25) is 9.36 Å². The molecule has 0 saturated carbocycles. The highest BCUT2D eigenvalue weighted by atomic mass is 16.4. The smallest absolute Gasteiger partial charge is 0.416 e. The molecule has 5 nitrogen and oxygen atoms in total. The van der Waals surface area contributed by atoms with Crippen LogP contribution in [-0.4, -0.2) is 27.2 Å². The van der Waals surface area contributed by atoms with Crippen LogP contribution in [0.3, 0.4) is 0 Å². The van der Waals surface area contributed by atoms with Gasteiger partial charge in [0, 0.05) is 11.8 Å². The monoisotopic (exact) mass is 205 g/mol. The minimum Gasteiger partial charge on any atom is -0.507 e. The molecular weight excluding hydrogens is 198 g/mol. The lowest BCUT2D eigenvalue weighted by Gasteiger charge is -1.98. The molecule has 1 aromatic heterocycles. The molecule has 0 atom stereocenters. The Morgan fingerprint density at radius 3 is 2.73 bits per heavy atom. The third-order valence-electron chi connectivity index (χ3n) is 2.17. The zero-order valence-corrected chi connectivity index (χ0v) is 7.54. The summed E-state index contributed by atoms with van der Waals surface area (Å²) < 4.78 is 0.902. The molecule has 0 radical (unpaired) electrons. The van der Waals surface area contributed by atoms with Crippen LogP contribution in [0.1, 0.15) is 10.4 Å². The fourth-order valence-electron chi connectivity index (χ4n) is 1.55. The number of carbonyl (C=O) groups excluding carboxylic acids is 1. The van der Waals surface area contributed by atoms with E-state index < -0.39 is 6.09 Å². The average molecular weight is 205 g/mol. The maximum absolute atomic E-state index is 10.8. The van der Waals surface area contributed by atoms with Crippen molar-refractivity contribution in [2.24, 2.45) is 0 Å². The van der Waals surface area contributed by atoms with Crippen molar-refractivity contribution in [3.63, 3.8) is 0 Å². The van der Waals surface area contributed by atoms with E-state index in [4.69, 9.17) is 5.11 Å². The number of hydrogen-bond donors (Lipinski definition) is 2. The first-order valence-electron chi connectivity index (χ1n) is 4.16. The van der Waals surface area contributed by atoms with Crippen molar-refractivity contribution in [2.45, 2.75) is 0 Å². The third-order valence-corrected chi connectivity index (χ3v) is 2.17. The van der Waals surface area contributed by atoms with Crippen LogP contribution in [0.4, 0.5) is 4.79 Å². The molecule has 76 valence electrons. The number of hydrogen-bond acceptors (Lipinski definition) is 3. The van der Waals surface area contributed by atoms with Gasteiger partial charge in [0.25, 0.3) is 0 Å². The first-order valence-corrected chi connectivity index (χ1v) is 4.16. The summed E-state index contributed by atoms with van der Waals surface area (Å²) in [6, 6.07) is 4.45. The van der Waals surface area contributed by atoms with E-state index in [0.717, 1.165) is 4.57 Å². The molecule has 15 heavy (non-hydrogen) atoms. The van der Waals surface area contributed by atoms with Crippen molar-refractivity contribution < 1.29 is 19.8 Å². The molecule has 0 aliphatic rings. The van der Waals surface area contributed by atoms with E-state index in [1.165, 1.54) is 24.4 Å². The van der Waals surface area contributed by atoms with Crippen molar-refractivity contribution in [1.82, 2.24) is 4.57 Å². The summed E-state index contributed by atoms with van der Waals surface area (Å²) in [7, 11) is 0. The van der Waals surface area contributed by atoms with Crippen LogP contribution >= 0.6 is 0 Å². The Morgan fingerprint density at radius 2 is 2.13 bits per heavy atom. The van der Waals surface area contributed by atoms with Gasteiger partial charge in [-0.1, -0.05) is 6.07 Å². The molecule has 0 aliphatic carbocycles. The summed E-state index contributed by atoms with van der Waals surface area (Å²) in [6.45, 7) is 0. The lowest BCUT2D eigenvalue weighted by atomic mass is 10.2. The number of rotatable bonds is 1. The summed E-state index contributed by atoms with van der Waals surface area (Å²) in [6.07, 6.45) is 0.500. The molecule has 1 aromatic carbocycles. The van der Waals surface area contributed by atoms with Crippen LogP contribution < -0.4 is 0 Å². The van der Waals surface area contributed by atoms with Gasteiger partial charge in [-0.15, -0.1) is 0 Å². The number of aromatic nitrogens is 1. The summed E-state index contributed by atoms with van der Waals surface area (Å²) in [5.41, 5.74) is 0.454. The highest BCUT2D eigenvalue weighted by molar-refractivity contribution is 6.04. The van der Waals surface area contributed by atoms with E-state index in [1.807, 2.05) is 0 Å². The minimum absolute atomic E-state index is 0.102. The molecular formula is C10H7NO4. The lowest BCUT2D eigenvalue weighted by Crippen LogP contribution is -2.05. The normalized spacial score (nSPS) is 10.4. The number of fused-ring (bicyclic) bond motifs is 1. The molecule has 0 fully saturated rings. The average Bonchev–Trinajstić information content (AvgIpc) is 2.58. The number of phenolic OH excluding ortho intramolecular Hbond substituents is 1. The lowest BCUT2D eigenvalue weighted by molar-refractivity contribution is 0.112. The van der Waals surface area contributed by atoms with Crippen LogP contribution in [0.2, 0.25) is 0 Å². The Kier molecular flexibility index (Phi) is 1.93. The Hall–Kier alpha value is -2.30. The first-order chi connectivity index (χ1) is 7.15. The van der Waals surface area contributed by atoms with Crippen LogP contribution in [0, 0.1) is 0 Å². The van der Waals surface area contributed by atoms with Crippen molar-refractivity contribution in [2.75, 3.05) is 0 Å². The summed E-state index contributed by atoms with van der Waals surface area (Å²) in [5, 5.41) is 18.6. The standard InChI is InChI=1S/C10H7NO4/c12-5-6-4-11(10(14)15)7-2-1-3-8(13)9(6)7/h1-5,13H,(H,14,15). The molecule has 0 saturated heterocycles. The van der Waals surface area contributed by atoms with Crippen LogP contribution in [0.5, 0.6) is 5.75 Å². The van der Waals surface area contributed by atoms with Crippen molar-refractivity contribution in [1.29, 1.82) is 0 Å². The molecule has 1 heterocycles. The Labute approximate surface area is 84.2 Å². The molecule has 2 aromatic rings. The van der Waals surface area contributed by atoms with E-state index in [2.05, 4.69) is 0 Å². The first kappa shape index (κ1) is 9.26. The quantitative estimate of drug-likeness (QED) is 0.694. The van der Waals surface area contributed by atoms with Gasteiger partial charge in [0.15, 0.2) is 6.29 Å². The van der Waals surface area contributed by atoms with E-state index in [-0.39, 0.29) is 16.7 Å². The van der Waals surface area contributed by atoms with Gasteiger partial charge < -0.3 is 10.2 Å². The third kappa shape index (κ3) is 1.25. The minimum atomic E-state index is -1.20. The van der Waals surface area contributed by atoms with Crippen molar-refractivity contribution in [3.8, 4) is 5.75 Å². The fraction of sp³-hybridized carbons (Fsp3) is 0. The van der Waals surface area contributed by atoms with Crippen LogP contribution in [0.15, 0.2) is 24.4 Å². The second-order valence-electron chi connectivity index (χ2n) is 3.03. The van der Waals surface area contributed by atoms with Crippen molar-refractivity contribution in [3.05, 3.63) is 30.0 Å². The second-order valence-corrected chi connectivity index (χ2v) is 3.03. The molecule has 0 unspecified atom stereocenters. The maximum Gasteiger partial charge on any atom is 0.416 e. The van der Waals surface area contributed by atoms with Gasteiger partial charge in [0.2, 0.25) is 0 Å². The zero-order valence-electron chi connectivity index (χ0n) is 7.54. The highest BCUT2D eigenvalue weighted by Crippen LogP contribution is 2.28. The molecule has 0 aliphatic heterocycles. The number of nitrogens with zero attached hydrogens (tertiary/aromatic N) is 1. The molecule has 5 heteroatoms. The van der Waals surface area contributed by atoms with Gasteiger partial charge in [0.1, 0.15) is 5.75 Å². The zero-order chi connectivity index (χ0) is 11.0. The van der Waals surface area contributed by atoms with Gasteiger partial charge >= 0.3 is 6.09 Å². The number of carboxylic acid groups (broad SMARTS) is 1. The van der Waals surface area contributed by atoms with Gasteiger partial charge in [0.05, 0.1) is 10.9 Å². The molecule has 2 rings (SSSR count). The Morgan fingerprint density at radius 1 is 1.40 bits per heavy atom. The van der Waals surface area contributed by atoms with E-state index in [1.54, 1.807) is 0 Å². The summed E-state index contributed by atoms with van der Waals surface area (Å²) in [5.74, 6) is -0.102. The van der Waals surface area contributed by atoms with E-state index in [0.29, 0.717) is 11.8 Å². The molecule has 0 bridgehead atoms. The Balaban J connectivity index is 2.93. The maximum atomic E-state index is 10.8. The molecule has 0 spiro atoms. The van der Waals surface area contributed by atoms with Gasteiger partial charge in [-0.2, -0.15) is 0 Å². The Bertz CT molecular complexity index is 556. The van der Waals surface area contributed by atoms with Crippen LogP contribution in [-0.2, 0) is 0 Å². The highest BCUT2D eigenvalue weighted by Gasteiger charge is 2.14. The predicted molar refractivity (Wildman–Crippen MR) is 52.4 cm³/mol.